The molecule has 2 N–H and O–H groups in total. The fraction of sp³-hybridized carbons (Fsp3) is 0.500. The Labute approximate surface area is 110 Å². The van der Waals surface area contributed by atoms with Gasteiger partial charge in [-0.2, -0.15) is 0 Å². The van der Waals surface area contributed by atoms with E-state index in [0.717, 1.165) is 11.3 Å². The highest BCUT2D eigenvalue weighted by molar-refractivity contribution is 7.11. The standard InChI is InChI=1S/C12H18N2O3S/c1-3-9-4-5-10(18-9)8-13-12(17)14(2)7-6-11(15)16/h4-5H,3,6-8H2,1-2H3,(H,13,17)(H,15,16). The number of carbonyl (C=O) groups is 2. The van der Waals surface area contributed by atoms with Crippen molar-refractivity contribution in [3.63, 3.8) is 0 Å². The van der Waals surface area contributed by atoms with Gasteiger partial charge in [-0.15, -0.1) is 11.3 Å². The van der Waals surface area contributed by atoms with E-state index in [9.17, 15) is 9.59 Å². The van der Waals surface area contributed by atoms with Crippen LogP contribution in [0.2, 0.25) is 0 Å². The van der Waals surface area contributed by atoms with E-state index in [1.807, 2.05) is 6.07 Å². The van der Waals surface area contributed by atoms with Gasteiger partial charge in [0.25, 0.3) is 0 Å². The minimum atomic E-state index is -0.902. The van der Waals surface area contributed by atoms with Crippen molar-refractivity contribution < 1.29 is 14.7 Å². The van der Waals surface area contributed by atoms with Crippen LogP contribution in [-0.2, 0) is 17.8 Å². The van der Waals surface area contributed by atoms with Crippen LogP contribution < -0.4 is 5.32 Å². The molecule has 0 unspecified atom stereocenters. The van der Waals surface area contributed by atoms with Crippen molar-refractivity contribution in [3.05, 3.63) is 21.9 Å². The van der Waals surface area contributed by atoms with Gasteiger partial charge in [0, 0.05) is 23.3 Å². The van der Waals surface area contributed by atoms with Crippen molar-refractivity contribution in [2.75, 3.05) is 13.6 Å². The number of carbonyl (C=O) groups excluding carboxylic acids is 1. The van der Waals surface area contributed by atoms with E-state index in [0.29, 0.717) is 6.54 Å². The molecule has 18 heavy (non-hydrogen) atoms. The highest BCUT2D eigenvalue weighted by Crippen LogP contribution is 2.16. The summed E-state index contributed by atoms with van der Waals surface area (Å²) in [7, 11) is 1.59. The van der Waals surface area contributed by atoms with Crippen molar-refractivity contribution in [2.45, 2.75) is 26.3 Å². The second-order valence-electron chi connectivity index (χ2n) is 3.95. The summed E-state index contributed by atoms with van der Waals surface area (Å²) >= 11 is 1.68. The van der Waals surface area contributed by atoms with Crippen LogP contribution in [-0.4, -0.2) is 35.6 Å². The molecule has 1 aromatic heterocycles. The summed E-state index contributed by atoms with van der Waals surface area (Å²) in [6.07, 6.45) is 0.958. The summed E-state index contributed by atoms with van der Waals surface area (Å²) in [5.74, 6) is -0.902. The van der Waals surface area contributed by atoms with E-state index in [-0.39, 0.29) is 19.0 Å². The molecular formula is C12H18N2O3S. The number of carboxylic acid groups (broad SMARTS) is 1. The molecule has 1 aromatic rings. The molecule has 0 bridgehead atoms. The second-order valence-corrected chi connectivity index (χ2v) is 5.20. The van der Waals surface area contributed by atoms with E-state index < -0.39 is 5.97 Å². The first-order chi connectivity index (χ1) is 8.52. The van der Waals surface area contributed by atoms with Crippen LogP contribution in [0.3, 0.4) is 0 Å². The third-order valence-corrected chi connectivity index (χ3v) is 3.72. The van der Waals surface area contributed by atoms with Gasteiger partial charge < -0.3 is 15.3 Å². The van der Waals surface area contributed by atoms with Gasteiger partial charge in [-0.25, -0.2) is 4.79 Å². The molecular weight excluding hydrogens is 252 g/mol. The molecule has 0 aliphatic carbocycles. The Balaban J connectivity index is 2.33. The zero-order valence-corrected chi connectivity index (χ0v) is 11.4. The fourth-order valence-corrected chi connectivity index (χ4v) is 2.27. The number of carboxylic acids is 1. The van der Waals surface area contributed by atoms with Gasteiger partial charge in [0.1, 0.15) is 0 Å². The molecule has 0 aliphatic heterocycles. The van der Waals surface area contributed by atoms with E-state index in [2.05, 4.69) is 18.3 Å². The topological polar surface area (TPSA) is 69.6 Å². The average Bonchev–Trinajstić information content (AvgIpc) is 2.80. The van der Waals surface area contributed by atoms with E-state index in [1.54, 1.807) is 18.4 Å². The lowest BCUT2D eigenvalue weighted by molar-refractivity contribution is -0.137. The number of hydrogen-bond acceptors (Lipinski definition) is 3. The maximum absolute atomic E-state index is 11.6. The van der Waals surface area contributed by atoms with Gasteiger partial charge in [0.2, 0.25) is 0 Å². The number of urea groups is 1. The lowest BCUT2D eigenvalue weighted by atomic mass is 10.3. The number of aliphatic carboxylic acids is 1. The smallest absolute Gasteiger partial charge is 0.317 e. The Morgan fingerprint density at radius 3 is 2.61 bits per heavy atom. The van der Waals surface area contributed by atoms with Gasteiger partial charge in [-0.1, -0.05) is 6.92 Å². The SMILES string of the molecule is CCc1ccc(CNC(=O)N(C)CCC(=O)O)s1. The van der Waals surface area contributed by atoms with Gasteiger partial charge >= 0.3 is 12.0 Å². The number of rotatable bonds is 6. The number of thiophene rings is 1. The number of amides is 2. The Morgan fingerprint density at radius 2 is 2.06 bits per heavy atom. The second kappa shape index (κ2) is 7.00. The molecule has 0 spiro atoms. The normalized spacial score (nSPS) is 10.1. The molecule has 1 rings (SSSR count). The molecule has 0 atom stereocenters. The van der Waals surface area contributed by atoms with Crippen LogP contribution >= 0.6 is 11.3 Å². The van der Waals surface area contributed by atoms with Crippen LogP contribution in [0.5, 0.6) is 0 Å². The lowest BCUT2D eigenvalue weighted by Crippen LogP contribution is -2.37. The maximum atomic E-state index is 11.6. The number of hydrogen-bond donors (Lipinski definition) is 2. The third kappa shape index (κ3) is 4.75. The molecule has 0 aromatic carbocycles. The molecule has 1 heterocycles. The minimum Gasteiger partial charge on any atom is -0.481 e. The van der Waals surface area contributed by atoms with Gasteiger partial charge in [-0.3, -0.25) is 4.79 Å². The zero-order valence-electron chi connectivity index (χ0n) is 10.6. The highest BCUT2D eigenvalue weighted by Gasteiger charge is 2.10. The van der Waals surface area contributed by atoms with Crippen molar-refractivity contribution in [3.8, 4) is 0 Å². The van der Waals surface area contributed by atoms with Crippen LogP contribution in [0.15, 0.2) is 12.1 Å². The van der Waals surface area contributed by atoms with Crippen molar-refractivity contribution >= 4 is 23.3 Å². The quantitative estimate of drug-likeness (QED) is 0.829. The first-order valence-corrected chi connectivity index (χ1v) is 6.63. The molecule has 0 aliphatic rings. The Kier molecular flexibility index (Phi) is 5.64. The number of nitrogens with zero attached hydrogens (tertiary/aromatic N) is 1. The summed E-state index contributed by atoms with van der Waals surface area (Å²) in [6.45, 7) is 2.79. The maximum Gasteiger partial charge on any atom is 0.317 e. The summed E-state index contributed by atoms with van der Waals surface area (Å²) in [6, 6.07) is 3.81. The molecule has 0 radical (unpaired) electrons. The summed E-state index contributed by atoms with van der Waals surface area (Å²) in [5, 5.41) is 11.3. The monoisotopic (exact) mass is 270 g/mol. The Hall–Kier alpha value is -1.56. The van der Waals surface area contributed by atoms with E-state index >= 15 is 0 Å². The van der Waals surface area contributed by atoms with Crippen molar-refractivity contribution in [2.24, 2.45) is 0 Å². The van der Waals surface area contributed by atoms with Crippen molar-refractivity contribution in [1.82, 2.24) is 10.2 Å². The summed E-state index contributed by atoms with van der Waals surface area (Å²) in [4.78, 5) is 25.8. The van der Waals surface area contributed by atoms with Crippen LogP contribution in [0.4, 0.5) is 4.79 Å². The molecule has 100 valence electrons. The molecule has 0 saturated carbocycles. The van der Waals surface area contributed by atoms with Gasteiger partial charge in [-0.05, 0) is 18.6 Å². The third-order valence-electron chi connectivity index (χ3n) is 2.49. The van der Waals surface area contributed by atoms with Crippen LogP contribution in [0.25, 0.3) is 0 Å². The zero-order chi connectivity index (χ0) is 13.5. The summed E-state index contributed by atoms with van der Waals surface area (Å²) in [5.41, 5.74) is 0. The van der Waals surface area contributed by atoms with Gasteiger partial charge in [0.15, 0.2) is 0 Å². The van der Waals surface area contributed by atoms with Crippen LogP contribution in [0.1, 0.15) is 23.1 Å². The predicted octanol–water partition coefficient (Wildman–Crippen LogP) is 1.93. The predicted molar refractivity (Wildman–Crippen MR) is 70.8 cm³/mol. The summed E-state index contributed by atoms with van der Waals surface area (Å²) < 4.78 is 0. The number of aryl methyl sites for hydroxylation is 1. The van der Waals surface area contributed by atoms with Gasteiger partial charge in [0.05, 0.1) is 13.0 Å². The van der Waals surface area contributed by atoms with E-state index in [4.69, 9.17) is 5.11 Å². The molecule has 0 saturated heterocycles. The first-order valence-electron chi connectivity index (χ1n) is 5.81. The molecule has 6 heteroatoms. The highest BCUT2D eigenvalue weighted by atomic mass is 32.1. The van der Waals surface area contributed by atoms with Crippen molar-refractivity contribution in [1.29, 1.82) is 0 Å². The largest absolute Gasteiger partial charge is 0.481 e. The van der Waals surface area contributed by atoms with E-state index in [1.165, 1.54) is 9.78 Å². The molecule has 2 amide bonds. The number of nitrogens with one attached hydrogen (secondary N) is 1. The minimum absolute atomic E-state index is 0.0388. The Morgan fingerprint density at radius 1 is 1.39 bits per heavy atom. The van der Waals surface area contributed by atoms with Crippen LogP contribution in [0, 0.1) is 0 Å². The molecule has 0 fully saturated rings. The first kappa shape index (κ1) is 14.5. The molecule has 5 nitrogen and oxygen atoms in total. The lowest BCUT2D eigenvalue weighted by Gasteiger charge is -2.16. The average molecular weight is 270 g/mol. The Bertz CT molecular complexity index is 417. The fourth-order valence-electron chi connectivity index (χ4n) is 1.37.